The number of benzene rings is 3. The summed E-state index contributed by atoms with van der Waals surface area (Å²) in [5.74, 6) is 0. The first-order valence-corrected chi connectivity index (χ1v) is 12.3. The number of aromatic nitrogens is 2. The van der Waals surface area contributed by atoms with Gasteiger partial charge in [-0.15, -0.1) is 0 Å². The molecule has 0 unspecified atom stereocenters. The number of hydrogen-bond acceptors (Lipinski definition) is 4. The van der Waals surface area contributed by atoms with Gasteiger partial charge in [0.1, 0.15) is 0 Å². The quantitative estimate of drug-likeness (QED) is 0.268. The van der Waals surface area contributed by atoms with Crippen molar-refractivity contribution in [2.75, 3.05) is 0 Å². The second kappa shape index (κ2) is 6.72. The van der Waals surface area contributed by atoms with Gasteiger partial charge < -0.3 is 0 Å². The van der Waals surface area contributed by atoms with Gasteiger partial charge in [0.15, 0.2) is 0 Å². The summed E-state index contributed by atoms with van der Waals surface area (Å²) in [6.45, 7) is 0. The van der Waals surface area contributed by atoms with Gasteiger partial charge in [-0.1, -0.05) is 0 Å². The summed E-state index contributed by atoms with van der Waals surface area (Å²) in [6.07, 6.45) is 0. The summed E-state index contributed by atoms with van der Waals surface area (Å²) in [4.78, 5) is 11.8. The van der Waals surface area contributed by atoms with Crippen molar-refractivity contribution in [2.24, 2.45) is 0 Å². The molecule has 26 heavy (non-hydrogen) atoms. The Morgan fingerprint density at radius 3 is 1.54 bits per heavy atom. The Hall–Kier alpha value is -1.26. The van der Waals surface area contributed by atoms with Crippen LogP contribution in [-0.2, 0) is 0 Å². The van der Waals surface area contributed by atoms with Crippen molar-refractivity contribution in [1.82, 2.24) is 9.97 Å². The van der Waals surface area contributed by atoms with Crippen LogP contribution in [0.2, 0.25) is 0 Å². The molecule has 0 atom stereocenters. The van der Waals surface area contributed by atoms with Gasteiger partial charge in [0.05, 0.1) is 0 Å². The average molecular weight is 502 g/mol. The molecule has 0 spiro atoms. The fraction of sp³-hybridized carbons (Fsp3) is 0. The molecule has 2 aromatic heterocycles. The summed E-state index contributed by atoms with van der Waals surface area (Å²) in [5, 5.41) is 0. The molecule has 5 rings (SSSR count). The van der Waals surface area contributed by atoms with Crippen LogP contribution in [0.1, 0.15) is 0 Å². The monoisotopic (exact) mass is 504 g/mol. The Labute approximate surface area is 173 Å². The normalized spacial score (nSPS) is 11.5. The number of rotatable bonds is 2. The predicted octanol–water partition coefficient (Wildman–Crippen LogP) is 4.81. The first-order chi connectivity index (χ1) is 12.7. The number of thiol groups is 2. The molecule has 6 heteroatoms. The molecule has 0 saturated heterocycles. The first kappa shape index (κ1) is 16.9. The van der Waals surface area contributed by atoms with Crippen molar-refractivity contribution in [3.63, 3.8) is 0 Å². The van der Waals surface area contributed by atoms with Crippen LogP contribution < -0.4 is 0 Å². The van der Waals surface area contributed by atoms with Crippen LogP contribution in [0.3, 0.4) is 0 Å². The molecule has 0 aliphatic heterocycles. The van der Waals surface area contributed by atoms with Crippen molar-refractivity contribution in [2.45, 2.75) is 9.79 Å². The molecule has 0 aliphatic rings. The first-order valence-electron chi connectivity index (χ1n) is 7.97. The summed E-state index contributed by atoms with van der Waals surface area (Å²) in [6, 6.07) is 20.8. The second-order valence-corrected chi connectivity index (χ2v) is 11.1. The molecule has 126 valence electrons. The molecule has 0 aliphatic carbocycles. The van der Waals surface area contributed by atoms with E-state index in [9.17, 15) is 0 Å². The Balaban J connectivity index is 1.66. The van der Waals surface area contributed by atoms with Crippen LogP contribution in [0.25, 0.3) is 39.8 Å². The molecule has 0 amide bonds. The Bertz CT molecular complexity index is 1130. The minimum absolute atomic E-state index is 0.212. The van der Waals surface area contributed by atoms with E-state index in [1.54, 1.807) is 0 Å². The summed E-state index contributed by atoms with van der Waals surface area (Å²) >= 11 is 9.60. The predicted molar refractivity (Wildman–Crippen MR) is 116 cm³/mol. The van der Waals surface area contributed by atoms with Crippen LogP contribution in [0.5, 0.6) is 0 Å². The van der Waals surface area contributed by atoms with E-state index in [1.807, 2.05) is 36.4 Å². The molecule has 2 heterocycles. The zero-order chi connectivity index (χ0) is 17.7. The second-order valence-electron chi connectivity index (χ2n) is 5.86. The molecule has 5 aromatic rings. The van der Waals surface area contributed by atoms with Crippen molar-refractivity contribution < 1.29 is 0 Å². The van der Waals surface area contributed by atoms with Gasteiger partial charge in [0.2, 0.25) is 0 Å². The molecule has 3 aromatic carbocycles. The number of hydrogen-bond donors (Lipinski definition) is 2. The van der Waals surface area contributed by atoms with Crippen LogP contribution in [0.15, 0.2) is 70.5 Å². The topological polar surface area (TPSA) is 25.8 Å². The van der Waals surface area contributed by atoms with E-state index in [0.717, 1.165) is 41.1 Å². The van der Waals surface area contributed by atoms with E-state index in [0.29, 0.717) is 0 Å². The van der Waals surface area contributed by atoms with Crippen molar-refractivity contribution >= 4 is 73.8 Å². The number of nitrogens with zero attached hydrogens (tertiary/aromatic N) is 2. The van der Waals surface area contributed by atoms with E-state index in [1.165, 1.54) is 8.52 Å². The molecular weight excluding hydrogens is 490 g/mol. The Kier molecular flexibility index (Phi) is 4.36. The molecule has 2 nitrogen and oxygen atoms in total. The zero-order valence-corrected chi connectivity index (χ0v) is 18.6. The fourth-order valence-corrected chi connectivity index (χ4v) is 8.45. The third-order valence-corrected chi connectivity index (χ3v) is 9.36. The minimum atomic E-state index is 0.212. The Morgan fingerprint density at radius 1 is 0.615 bits per heavy atom. The number of fused-ring (bicyclic) bond motifs is 2. The van der Waals surface area contributed by atoms with E-state index >= 15 is 0 Å². The van der Waals surface area contributed by atoms with E-state index in [-0.39, 0.29) is 29.0 Å². The average Bonchev–Trinajstić information content (AvgIpc) is 3.23. The molecule has 0 bridgehead atoms. The van der Waals surface area contributed by atoms with Gasteiger partial charge >= 0.3 is 175 Å². The van der Waals surface area contributed by atoms with Crippen LogP contribution in [-0.4, -0.2) is 39.0 Å². The van der Waals surface area contributed by atoms with E-state index in [2.05, 4.69) is 49.5 Å². The molecular formula is C20H12N2S2Se2. The molecule has 0 saturated carbocycles. The van der Waals surface area contributed by atoms with E-state index < -0.39 is 0 Å². The standard InChI is InChI=1S/C20H12N2S2Se2/c23-15-7-3-1-5-11(15)19-21-13-9-14-18(10-17(13)25-19)26-20(22-14)12-6-2-4-8-16(12)24/h1-10,23-24H. The maximum atomic E-state index is 4.89. The summed E-state index contributed by atoms with van der Waals surface area (Å²) in [7, 11) is 0. The third-order valence-electron chi connectivity index (χ3n) is 4.17. The van der Waals surface area contributed by atoms with Gasteiger partial charge in [-0.3, -0.25) is 0 Å². The fourth-order valence-electron chi connectivity index (χ4n) is 2.89. The SMILES string of the molecule is Sc1ccccc1-c1nc2cc3nc(-c4ccccc4S)[se]c3cc2[se]1. The van der Waals surface area contributed by atoms with Gasteiger partial charge in [-0.05, 0) is 0 Å². The third kappa shape index (κ3) is 2.91. The van der Waals surface area contributed by atoms with Crippen molar-refractivity contribution in [3.05, 3.63) is 60.7 Å². The van der Waals surface area contributed by atoms with Crippen molar-refractivity contribution in [1.29, 1.82) is 0 Å². The van der Waals surface area contributed by atoms with Crippen LogP contribution >= 0.6 is 25.3 Å². The van der Waals surface area contributed by atoms with Gasteiger partial charge in [-0.2, -0.15) is 0 Å². The van der Waals surface area contributed by atoms with Gasteiger partial charge in [-0.25, -0.2) is 0 Å². The molecule has 0 N–H and O–H groups in total. The van der Waals surface area contributed by atoms with E-state index in [4.69, 9.17) is 9.97 Å². The molecule has 0 radical (unpaired) electrons. The van der Waals surface area contributed by atoms with Gasteiger partial charge in [0, 0.05) is 0 Å². The van der Waals surface area contributed by atoms with Gasteiger partial charge in [0.25, 0.3) is 0 Å². The molecule has 0 fully saturated rings. The summed E-state index contributed by atoms with van der Waals surface area (Å²) < 4.78 is 5.00. The summed E-state index contributed by atoms with van der Waals surface area (Å²) in [5.41, 5.74) is 4.42. The van der Waals surface area contributed by atoms with Crippen LogP contribution in [0.4, 0.5) is 0 Å². The Morgan fingerprint density at radius 2 is 1.08 bits per heavy atom. The van der Waals surface area contributed by atoms with Crippen LogP contribution in [0, 0.1) is 0 Å². The zero-order valence-electron chi connectivity index (χ0n) is 13.4. The maximum absolute atomic E-state index is 4.89. The van der Waals surface area contributed by atoms with Crippen molar-refractivity contribution in [3.8, 4) is 20.3 Å².